The minimum atomic E-state index is -1.87. The van der Waals surface area contributed by atoms with Crippen LogP contribution in [0.2, 0.25) is 13.1 Å². The summed E-state index contributed by atoms with van der Waals surface area (Å²) in [7, 11) is -1.87. The second-order valence-electron chi connectivity index (χ2n) is 1.86. The van der Waals surface area contributed by atoms with Gasteiger partial charge in [-0.05, 0) is 13.1 Å². The van der Waals surface area contributed by atoms with Crippen LogP contribution in [0.15, 0.2) is 12.3 Å². The molecule has 3 heteroatoms. The summed E-state index contributed by atoms with van der Waals surface area (Å²) in [6, 6.07) is 0. The summed E-state index contributed by atoms with van der Waals surface area (Å²) < 4.78 is 0. The van der Waals surface area contributed by atoms with Gasteiger partial charge in [-0.15, -0.1) is 6.58 Å². The Morgan fingerprint density at radius 3 is 1.71 bits per heavy atom. The minimum absolute atomic E-state index is 0. The van der Waals surface area contributed by atoms with Crippen molar-refractivity contribution in [3.63, 3.8) is 0 Å². The van der Waals surface area contributed by atoms with Crippen LogP contribution in [-0.2, 0) is 0 Å². The van der Waals surface area contributed by atoms with E-state index in [2.05, 4.69) is 6.58 Å². The molecule has 0 aliphatic rings. The van der Waals surface area contributed by atoms with Crippen molar-refractivity contribution in [2.24, 2.45) is 0 Å². The van der Waals surface area contributed by atoms with E-state index in [4.69, 9.17) is 4.80 Å². The molecular weight excluding hydrogens is 99.1 g/mol. The first kappa shape index (κ1) is 10.5. The van der Waals surface area contributed by atoms with Gasteiger partial charge in [0.25, 0.3) is 0 Å². The molecule has 1 nitrogen and oxygen atoms in total. The molecule has 0 aliphatic carbocycles. The Balaban J connectivity index is 0. The van der Waals surface area contributed by atoms with Gasteiger partial charge < -0.3 is 4.80 Å². The van der Waals surface area contributed by atoms with E-state index in [-0.39, 0.29) is 18.9 Å². The van der Waals surface area contributed by atoms with Crippen molar-refractivity contribution in [2.75, 3.05) is 0 Å². The van der Waals surface area contributed by atoms with Crippen LogP contribution in [-0.4, -0.2) is 32.0 Å². The van der Waals surface area contributed by atoms with E-state index >= 15 is 0 Å². The van der Waals surface area contributed by atoms with E-state index in [0.717, 1.165) is 0 Å². The van der Waals surface area contributed by atoms with Crippen molar-refractivity contribution in [3.8, 4) is 0 Å². The molecule has 0 saturated heterocycles. The molecule has 0 saturated carbocycles. The SMILES string of the molecule is C=C[Si](C)(C)O.[LiH]. The fraction of sp³-hybridized carbons (Fsp3) is 0.500. The molecule has 0 unspecified atom stereocenters. The van der Waals surface area contributed by atoms with E-state index < -0.39 is 8.32 Å². The summed E-state index contributed by atoms with van der Waals surface area (Å²) >= 11 is 0. The number of rotatable bonds is 1. The maximum atomic E-state index is 8.85. The third kappa shape index (κ3) is 10.7. The van der Waals surface area contributed by atoms with Crippen LogP contribution in [0.5, 0.6) is 0 Å². The van der Waals surface area contributed by atoms with Crippen LogP contribution in [0, 0.1) is 0 Å². The first-order valence-electron chi connectivity index (χ1n) is 1.92. The molecular formula is C4H11LiOSi. The van der Waals surface area contributed by atoms with Gasteiger partial charge in [-0.2, -0.15) is 0 Å². The summed E-state index contributed by atoms with van der Waals surface area (Å²) in [5.74, 6) is 0. The van der Waals surface area contributed by atoms with Crippen LogP contribution in [0.3, 0.4) is 0 Å². The molecule has 0 heterocycles. The number of hydrogen-bond donors (Lipinski definition) is 1. The quantitative estimate of drug-likeness (QED) is 0.480. The third-order valence-electron chi connectivity index (χ3n) is 0.500. The first-order chi connectivity index (χ1) is 2.56. The molecule has 0 rings (SSSR count). The van der Waals surface area contributed by atoms with Gasteiger partial charge in [0.15, 0.2) is 0 Å². The Morgan fingerprint density at radius 2 is 1.71 bits per heavy atom. The topological polar surface area (TPSA) is 20.2 Å². The summed E-state index contributed by atoms with van der Waals surface area (Å²) in [6.07, 6.45) is 0. The van der Waals surface area contributed by atoms with Crippen LogP contribution in [0.25, 0.3) is 0 Å². The van der Waals surface area contributed by atoms with Gasteiger partial charge in [-0.1, -0.05) is 5.70 Å². The first-order valence-corrected chi connectivity index (χ1v) is 4.95. The molecule has 7 heavy (non-hydrogen) atoms. The Bertz CT molecular complexity index is 57.2. The van der Waals surface area contributed by atoms with Gasteiger partial charge in [0.2, 0.25) is 8.32 Å². The molecule has 0 aromatic rings. The van der Waals surface area contributed by atoms with Gasteiger partial charge in [-0.3, -0.25) is 0 Å². The van der Waals surface area contributed by atoms with Gasteiger partial charge in [-0.25, -0.2) is 0 Å². The Kier molecular flexibility index (Phi) is 5.26. The van der Waals surface area contributed by atoms with Gasteiger partial charge in [0, 0.05) is 0 Å². The normalized spacial score (nSPS) is 9.57. The van der Waals surface area contributed by atoms with Crippen molar-refractivity contribution < 1.29 is 4.80 Å². The monoisotopic (exact) mass is 110 g/mol. The van der Waals surface area contributed by atoms with Crippen molar-refractivity contribution in [3.05, 3.63) is 12.3 Å². The molecule has 0 atom stereocenters. The molecule has 0 amide bonds. The standard InChI is InChI=1S/C4H10OSi.Li.H/c1-4-6(2,3)5;;/h4-5H,1H2,2-3H3;;. The van der Waals surface area contributed by atoms with E-state index in [9.17, 15) is 0 Å². The van der Waals surface area contributed by atoms with Crippen molar-refractivity contribution in [1.82, 2.24) is 0 Å². The Morgan fingerprint density at radius 1 is 1.57 bits per heavy atom. The van der Waals surface area contributed by atoms with Crippen LogP contribution >= 0.6 is 0 Å². The second kappa shape index (κ2) is 3.51. The number of hydrogen-bond acceptors (Lipinski definition) is 1. The van der Waals surface area contributed by atoms with Crippen LogP contribution in [0.4, 0.5) is 0 Å². The fourth-order valence-corrected chi connectivity index (χ4v) is 0. The Labute approximate surface area is 57.7 Å². The summed E-state index contributed by atoms with van der Waals surface area (Å²) in [4.78, 5) is 8.85. The van der Waals surface area contributed by atoms with Crippen molar-refractivity contribution in [1.29, 1.82) is 0 Å². The van der Waals surface area contributed by atoms with Gasteiger partial charge in [0.05, 0.1) is 0 Å². The average molecular weight is 110 g/mol. The molecule has 0 aromatic carbocycles. The fourth-order valence-electron chi connectivity index (χ4n) is 0. The van der Waals surface area contributed by atoms with Gasteiger partial charge >= 0.3 is 18.9 Å². The molecule has 0 bridgehead atoms. The van der Waals surface area contributed by atoms with E-state index in [0.29, 0.717) is 0 Å². The zero-order chi connectivity index (χ0) is 5.21. The van der Waals surface area contributed by atoms with E-state index in [1.165, 1.54) is 0 Å². The molecule has 38 valence electrons. The molecule has 1 N–H and O–H groups in total. The van der Waals surface area contributed by atoms with Gasteiger partial charge in [0.1, 0.15) is 0 Å². The molecule has 0 aromatic heterocycles. The molecule has 0 aliphatic heterocycles. The summed E-state index contributed by atoms with van der Waals surface area (Å²) in [5.41, 5.74) is 1.63. The predicted molar refractivity (Wildman–Crippen MR) is 37.0 cm³/mol. The maximum absolute atomic E-state index is 8.85. The van der Waals surface area contributed by atoms with Crippen molar-refractivity contribution in [2.45, 2.75) is 13.1 Å². The van der Waals surface area contributed by atoms with E-state index in [1.54, 1.807) is 5.70 Å². The third-order valence-corrected chi connectivity index (χ3v) is 1.50. The molecule has 0 radical (unpaired) electrons. The molecule has 0 spiro atoms. The second-order valence-corrected chi connectivity index (χ2v) is 5.57. The summed E-state index contributed by atoms with van der Waals surface area (Å²) in [5, 5.41) is 0. The van der Waals surface area contributed by atoms with Crippen LogP contribution < -0.4 is 0 Å². The zero-order valence-electron chi connectivity index (χ0n) is 4.23. The average Bonchev–Trinajstić information content (AvgIpc) is 1.35. The van der Waals surface area contributed by atoms with Crippen molar-refractivity contribution >= 4 is 27.2 Å². The van der Waals surface area contributed by atoms with E-state index in [1.807, 2.05) is 13.1 Å². The molecule has 0 fully saturated rings. The zero-order valence-corrected chi connectivity index (χ0v) is 5.23. The summed E-state index contributed by atoms with van der Waals surface area (Å²) in [6.45, 7) is 7.08. The Hall–Kier alpha value is 0.514. The predicted octanol–water partition coefficient (Wildman–Crippen LogP) is 0.260. The van der Waals surface area contributed by atoms with Crippen LogP contribution in [0.1, 0.15) is 0 Å².